The molecule has 0 saturated carbocycles. The predicted molar refractivity (Wildman–Crippen MR) is 123 cm³/mol. The summed E-state index contributed by atoms with van der Waals surface area (Å²) in [5, 5.41) is 3.53. The van der Waals surface area contributed by atoms with Crippen molar-refractivity contribution in [1.29, 1.82) is 0 Å². The molecule has 0 radical (unpaired) electrons. The number of nitrogens with one attached hydrogen (secondary N) is 1. The Balaban J connectivity index is 1.31. The summed E-state index contributed by atoms with van der Waals surface area (Å²) in [6.45, 7) is 9.35. The van der Waals surface area contributed by atoms with Gasteiger partial charge in [0.05, 0.1) is 6.10 Å². The van der Waals surface area contributed by atoms with Crippen molar-refractivity contribution in [2.24, 2.45) is 4.99 Å². The van der Waals surface area contributed by atoms with Crippen LogP contribution in [0.15, 0.2) is 29.3 Å². The molecule has 2 fully saturated rings. The molecule has 8 heteroatoms. The van der Waals surface area contributed by atoms with Gasteiger partial charge < -0.3 is 24.6 Å². The van der Waals surface area contributed by atoms with Crippen molar-refractivity contribution in [1.82, 2.24) is 15.1 Å². The Morgan fingerprint density at radius 1 is 1.06 bits per heavy atom. The van der Waals surface area contributed by atoms with E-state index in [1.807, 2.05) is 19.2 Å². The van der Waals surface area contributed by atoms with Crippen LogP contribution in [0.25, 0.3) is 0 Å². The lowest BCUT2D eigenvalue weighted by atomic mass is 10.1. The Labute approximate surface area is 186 Å². The standard InChI is InChI=1S/C23H38FN5O2/c1-25-23(29-11-8-22(9-12-29)31-19-3-18-30-2)26-10-13-27-14-16-28(17-15-27)21-6-4-20(24)5-7-21/h4-7,22H,3,8-19H2,1-2H3,(H,25,26). The van der Waals surface area contributed by atoms with Crippen molar-refractivity contribution >= 4 is 11.6 Å². The first-order valence-corrected chi connectivity index (χ1v) is 11.5. The molecule has 0 spiro atoms. The fourth-order valence-electron chi connectivity index (χ4n) is 4.23. The quantitative estimate of drug-likeness (QED) is 0.364. The van der Waals surface area contributed by atoms with Crippen molar-refractivity contribution in [2.75, 3.05) is 84.6 Å². The second-order valence-electron chi connectivity index (χ2n) is 8.18. The number of nitrogens with zero attached hydrogens (tertiary/aromatic N) is 4. The maximum Gasteiger partial charge on any atom is 0.193 e. The molecule has 2 saturated heterocycles. The molecule has 31 heavy (non-hydrogen) atoms. The Morgan fingerprint density at radius 2 is 1.77 bits per heavy atom. The van der Waals surface area contributed by atoms with E-state index in [2.05, 4.69) is 25.0 Å². The molecule has 1 aromatic carbocycles. The van der Waals surface area contributed by atoms with Gasteiger partial charge in [-0.25, -0.2) is 4.39 Å². The first kappa shape index (κ1) is 23.8. The third-order valence-corrected chi connectivity index (χ3v) is 6.07. The van der Waals surface area contributed by atoms with E-state index in [1.54, 1.807) is 7.11 Å². The molecule has 1 N–H and O–H groups in total. The smallest absolute Gasteiger partial charge is 0.193 e. The molecule has 1 aromatic rings. The molecule has 174 valence electrons. The highest BCUT2D eigenvalue weighted by atomic mass is 19.1. The molecule has 0 bridgehead atoms. The molecule has 0 amide bonds. The van der Waals surface area contributed by atoms with E-state index in [1.165, 1.54) is 12.1 Å². The first-order valence-electron chi connectivity index (χ1n) is 11.5. The van der Waals surface area contributed by atoms with Crippen molar-refractivity contribution in [3.05, 3.63) is 30.1 Å². The van der Waals surface area contributed by atoms with E-state index in [0.717, 1.165) is 96.5 Å². The molecule has 0 aliphatic carbocycles. The summed E-state index contributed by atoms with van der Waals surface area (Å²) in [7, 11) is 3.59. The van der Waals surface area contributed by atoms with Crippen LogP contribution in [0.5, 0.6) is 0 Å². The summed E-state index contributed by atoms with van der Waals surface area (Å²) in [5.74, 6) is 0.809. The zero-order valence-electron chi connectivity index (χ0n) is 19.1. The molecular formula is C23H38FN5O2. The number of ether oxygens (including phenoxy) is 2. The number of rotatable bonds is 9. The molecule has 7 nitrogen and oxygen atoms in total. The van der Waals surface area contributed by atoms with Gasteiger partial charge in [-0.2, -0.15) is 0 Å². The molecule has 2 heterocycles. The minimum atomic E-state index is -0.180. The topological polar surface area (TPSA) is 52.6 Å². The summed E-state index contributed by atoms with van der Waals surface area (Å²) >= 11 is 0. The van der Waals surface area contributed by atoms with Crippen molar-refractivity contribution < 1.29 is 13.9 Å². The number of guanidine groups is 1. The summed E-state index contributed by atoms with van der Waals surface area (Å²) in [5.41, 5.74) is 1.10. The first-order chi connectivity index (χ1) is 15.2. The second kappa shape index (κ2) is 12.8. The van der Waals surface area contributed by atoms with E-state index in [4.69, 9.17) is 9.47 Å². The van der Waals surface area contributed by atoms with Crippen LogP contribution >= 0.6 is 0 Å². The predicted octanol–water partition coefficient (Wildman–Crippen LogP) is 2.04. The number of likely N-dealkylation sites (tertiary alicyclic amines) is 1. The summed E-state index contributed by atoms with van der Waals surface area (Å²) in [6.07, 6.45) is 3.39. The highest BCUT2D eigenvalue weighted by Gasteiger charge is 2.22. The lowest BCUT2D eigenvalue weighted by Crippen LogP contribution is -2.51. The highest BCUT2D eigenvalue weighted by Crippen LogP contribution is 2.17. The zero-order chi connectivity index (χ0) is 21.9. The van der Waals surface area contributed by atoms with Gasteiger partial charge in [-0.1, -0.05) is 0 Å². The van der Waals surface area contributed by atoms with E-state index in [0.29, 0.717) is 6.10 Å². The van der Waals surface area contributed by atoms with Gasteiger partial charge in [-0.3, -0.25) is 9.89 Å². The summed E-state index contributed by atoms with van der Waals surface area (Å²) < 4.78 is 24.2. The monoisotopic (exact) mass is 435 g/mol. The fourth-order valence-corrected chi connectivity index (χ4v) is 4.23. The van der Waals surface area contributed by atoms with Gasteiger partial charge in [0.1, 0.15) is 5.82 Å². The zero-order valence-corrected chi connectivity index (χ0v) is 19.1. The average molecular weight is 436 g/mol. The number of halogens is 1. The van der Waals surface area contributed by atoms with Crippen LogP contribution in [0.4, 0.5) is 10.1 Å². The van der Waals surface area contributed by atoms with Gasteiger partial charge in [0, 0.05) is 85.4 Å². The van der Waals surface area contributed by atoms with Crippen molar-refractivity contribution in [2.45, 2.75) is 25.4 Å². The lowest BCUT2D eigenvalue weighted by molar-refractivity contribution is 0.00990. The second-order valence-corrected chi connectivity index (χ2v) is 8.18. The van der Waals surface area contributed by atoms with E-state index >= 15 is 0 Å². The van der Waals surface area contributed by atoms with E-state index in [9.17, 15) is 4.39 Å². The van der Waals surface area contributed by atoms with E-state index in [-0.39, 0.29) is 5.82 Å². The fraction of sp³-hybridized carbons (Fsp3) is 0.696. The molecule has 0 aromatic heterocycles. The summed E-state index contributed by atoms with van der Waals surface area (Å²) in [6, 6.07) is 6.80. The number of anilines is 1. The average Bonchev–Trinajstić information content (AvgIpc) is 2.81. The van der Waals surface area contributed by atoms with Crippen LogP contribution in [0.1, 0.15) is 19.3 Å². The van der Waals surface area contributed by atoms with Crippen molar-refractivity contribution in [3.8, 4) is 0 Å². The van der Waals surface area contributed by atoms with Crippen LogP contribution in [0.3, 0.4) is 0 Å². The molecule has 0 atom stereocenters. The molecule has 0 unspecified atom stereocenters. The van der Waals surface area contributed by atoms with Crippen molar-refractivity contribution in [3.63, 3.8) is 0 Å². The minimum Gasteiger partial charge on any atom is -0.385 e. The maximum atomic E-state index is 13.1. The Morgan fingerprint density at radius 3 is 2.42 bits per heavy atom. The third-order valence-electron chi connectivity index (χ3n) is 6.07. The SMILES string of the molecule is CN=C(NCCN1CCN(c2ccc(F)cc2)CC1)N1CCC(OCCCOC)CC1. The normalized spacial score (nSPS) is 19.1. The number of piperazine rings is 1. The molecule has 3 rings (SSSR count). The largest absolute Gasteiger partial charge is 0.385 e. The Hall–Kier alpha value is -1.90. The lowest BCUT2D eigenvalue weighted by Gasteiger charge is -2.37. The van der Waals surface area contributed by atoms with Gasteiger partial charge in [-0.05, 0) is 43.5 Å². The van der Waals surface area contributed by atoms with Gasteiger partial charge in [0.25, 0.3) is 0 Å². The van der Waals surface area contributed by atoms with Crippen LogP contribution in [0, 0.1) is 5.82 Å². The van der Waals surface area contributed by atoms with Crippen LogP contribution < -0.4 is 10.2 Å². The number of aliphatic imine (C=N–C) groups is 1. The summed E-state index contributed by atoms with van der Waals surface area (Å²) in [4.78, 5) is 11.6. The van der Waals surface area contributed by atoms with Crippen LogP contribution in [0.2, 0.25) is 0 Å². The molecular weight excluding hydrogens is 397 g/mol. The number of hydrogen-bond acceptors (Lipinski definition) is 5. The Bertz CT molecular complexity index is 656. The van der Waals surface area contributed by atoms with Gasteiger partial charge in [0.2, 0.25) is 0 Å². The molecule has 2 aliphatic heterocycles. The van der Waals surface area contributed by atoms with Gasteiger partial charge >= 0.3 is 0 Å². The van der Waals surface area contributed by atoms with Crippen LogP contribution in [-0.2, 0) is 9.47 Å². The highest BCUT2D eigenvalue weighted by molar-refractivity contribution is 5.79. The van der Waals surface area contributed by atoms with Gasteiger partial charge in [-0.15, -0.1) is 0 Å². The number of hydrogen-bond donors (Lipinski definition) is 1. The van der Waals surface area contributed by atoms with E-state index < -0.39 is 0 Å². The van der Waals surface area contributed by atoms with Gasteiger partial charge in [0.15, 0.2) is 5.96 Å². The van der Waals surface area contributed by atoms with Crippen LogP contribution in [-0.4, -0.2) is 102 Å². The number of methoxy groups -OCH3 is 1. The Kier molecular flexibility index (Phi) is 9.84. The third kappa shape index (κ3) is 7.63. The number of piperidine rings is 1. The minimum absolute atomic E-state index is 0.180. The molecule has 2 aliphatic rings. The maximum absolute atomic E-state index is 13.1. The number of benzene rings is 1.